The van der Waals surface area contributed by atoms with Gasteiger partial charge in [0.1, 0.15) is 11.6 Å². The fourth-order valence-electron chi connectivity index (χ4n) is 2.31. The van der Waals surface area contributed by atoms with Gasteiger partial charge in [0.2, 0.25) is 0 Å². The summed E-state index contributed by atoms with van der Waals surface area (Å²) in [5.41, 5.74) is -0.0907. The van der Waals surface area contributed by atoms with Crippen molar-refractivity contribution in [2.45, 2.75) is 44.4 Å². The van der Waals surface area contributed by atoms with E-state index in [0.29, 0.717) is 5.69 Å². The van der Waals surface area contributed by atoms with Gasteiger partial charge in [-0.25, -0.2) is 4.68 Å². The normalized spacial score (nSPS) is 21.9. The molecule has 0 aliphatic heterocycles. The molecule has 0 atom stereocenters. The summed E-state index contributed by atoms with van der Waals surface area (Å²) in [5.74, 6) is -0.567. The monoisotopic (exact) mass is 315 g/mol. The number of halogens is 1. The maximum Gasteiger partial charge on any atom is 0.327 e. The molecule has 0 unspecified atom stereocenters. The van der Waals surface area contributed by atoms with E-state index in [2.05, 4.69) is 15.2 Å². The van der Waals surface area contributed by atoms with Gasteiger partial charge in [0.25, 0.3) is 5.56 Å². The largest absolute Gasteiger partial charge is 0.468 e. The van der Waals surface area contributed by atoms with Crippen molar-refractivity contribution in [2.24, 2.45) is 0 Å². The second-order valence-electron chi connectivity index (χ2n) is 5.06. The standard InChI is InChI=1S/C13H18ClN3O4/c1-21-11(19)7-17-13(20)12(14)10(6-15-17)16-8-2-4-9(18)5-3-8/h6,8-9,16,18H,2-5,7H2,1H3. The van der Waals surface area contributed by atoms with Crippen LogP contribution < -0.4 is 10.9 Å². The number of aliphatic hydroxyl groups excluding tert-OH is 1. The summed E-state index contributed by atoms with van der Waals surface area (Å²) in [7, 11) is 1.24. The van der Waals surface area contributed by atoms with E-state index in [1.807, 2.05) is 0 Å². The number of aromatic nitrogens is 2. The van der Waals surface area contributed by atoms with Gasteiger partial charge < -0.3 is 15.2 Å². The fraction of sp³-hybridized carbons (Fsp3) is 0.615. The van der Waals surface area contributed by atoms with E-state index < -0.39 is 11.5 Å². The molecule has 0 bridgehead atoms. The average molecular weight is 316 g/mol. The number of carbonyl (C=O) groups excluding carboxylic acids is 1. The Morgan fingerprint density at radius 2 is 2.19 bits per heavy atom. The lowest BCUT2D eigenvalue weighted by atomic mass is 9.93. The summed E-state index contributed by atoms with van der Waals surface area (Å²) in [5, 5.41) is 16.6. The Morgan fingerprint density at radius 3 is 2.81 bits per heavy atom. The molecular formula is C13H18ClN3O4. The van der Waals surface area contributed by atoms with Crippen molar-refractivity contribution in [2.75, 3.05) is 12.4 Å². The molecule has 0 spiro atoms. The number of carbonyl (C=O) groups is 1. The molecule has 1 saturated carbocycles. The zero-order valence-electron chi connectivity index (χ0n) is 11.7. The number of esters is 1. The van der Waals surface area contributed by atoms with Crippen molar-refractivity contribution in [1.29, 1.82) is 0 Å². The number of aliphatic hydroxyl groups is 1. The quantitative estimate of drug-likeness (QED) is 0.798. The van der Waals surface area contributed by atoms with Gasteiger partial charge >= 0.3 is 5.97 Å². The van der Waals surface area contributed by atoms with Gasteiger partial charge in [0, 0.05) is 6.04 Å². The molecule has 8 heteroatoms. The lowest BCUT2D eigenvalue weighted by Crippen LogP contribution is -2.31. The minimum absolute atomic E-state index is 0.0000231. The topological polar surface area (TPSA) is 93.5 Å². The molecule has 1 aliphatic carbocycles. The highest BCUT2D eigenvalue weighted by atomic mass is 35.5. The molecule has 1 aliphatic rings. The van der Waals surface area contributed by atoms with Crippen molar-refractivity contribution >= 4 is 23.3 Å². The molecule has 1 fully saturated rings. The summed E-state index contributed by atoms with van der Waals surface area (Å²) >= 11 is 6.04. The van der Waals surface area contributed by atoms with Crippen LogP contribution in [0, 0.1) is 0 Å². The third-order valence-corrected chi connectivity index (χ3v) is 3.91. The van der Waals surface area contributed by atoms with Gasteiger partial charge in [0.15, 0.2) is 0 Å². The van der Waals surface area contributed by atoms with Crippen LogP contribution in [0.2, 0.25) is 5.02 Å². The van der Waals surface area contributed by atoms with E-state index in [-0.39, 0.29) is 23.7 Å². The van der Waals surface area contributed by atoms with Crippen LogP contribution in [0.4, 0.5) is 5.69 Å². The predicted octanol–water partition coefficient (Wildman–Crippen LogP) is 0.785. The summed E-state index contributed by atoms with van der Waals surface area (Å²) in [6, 6.07) is 0.156. The van der Waals surface area contributed by atoms with Crippen molar-refractivity contribution in [1.82, 2.24) is 9.78 Å². The smallest absolute Gasteiger partial charge is 0.327 e. The van der Waals surface area contributed by atoms with Crippen molar-refractivity contribution < 1.29 is 14.6 Å². The van der Waals surface area contributed by atoms with Crippen molar-refractivity contribution in [3.63, 3.8) is 0 Å². The van der Waals surface area contributed by atoms with Gasteiger partial charge in [-0.15, -0.1) is 0 Å². The Bertz CT molecular complexity index is 567. The minimum Gasteiger partial charge on any atom is -0.468 e. The first-order valence-electron chi connectivity index (χ1n) is 6.78. The second-order valence-corrected chi connectivity index (χ2v) is 5.44. The zero-order valence-corrected chi connectivity index (χ0v) is 12.5. The number of nitrogens with one attached hydrogen (secondary N) is 1. The third kappa shape index (κ3) is 3.95. The van der Waals surface area contributed by atoms with E-state index in [1.165, 1.54) is 13.3 Å². The van der Waals surface area contributed by atoms with E-state index in [4.69, 9.17) is 11.6 Å². The molecule has 7 nitrogen and oxygen atoms in total. The molecule has 2 rings (SSSR count). The van der Waals surface area contributed by atoms with Crippen molar-refractivity contribution in [3.05, 3.63) is 21.6 Å². The van der Waals surface area contributed by atoms with Crippen LogP contribution in [-0.2, 0) is 16.1 Å². The molecule has 0 radical (unpaired) electrons. The second kappa shape index (κ2) is 6.91. The van der Waals surface area contributed by atoms with Gasteiger partial charge in [-0.05, 0) is 25.7 Å². The molecule has 0 amide bonds. The van der Waals surface area contributed by atoms with Gasteiger partial charge in [-0.2, -0.15) is 5.10 Å². The molecule has 2 N–H and O–H groups in total. The van der Waals surface area contributed by atoms with Crippen LogP contribution in [0.5, 0.6) is 0 Å². The first-order chi connectivity index (χ1) is 10.0. The highest BCUT2D eigenvalue weighted by Crippen LogP contribution is 2.24. The van der Waals surface area contributed by atoms with Crippen LogP contribution >= 0.6 is 11.6 Å². The molecule has 1 heterocycles. The average Bonchev–Trinajstić information content (AvgIpc) is 2.49. The first-order valence-corrected chi connectivity index (χ1v) is 7.16. The van der Waals surface area contributed by atoms with Gasteiger partial charge in [-0.1, -0.05) is 11.6 Å². The van der Waals surface area contributed by atoms with E-state index in [1.54, 1.807) is 0 Å². The Morgan fingerprint density at radius 1 is 1.52 bits per heavy atom. The van der Waals surface area contributed by atoms with Crippen molar-refractivity contribution in [3.8, 4) is 0 Å². The van der Waals surface area contributed by atoms with Crippen LogP contribution in [0.15, 0.2) is 11.0 Å². The summed E-state index contributed by atoms with van der Waals surface area (Å²) < 4.78 is 5.45. The fourth-order valence-corrected chi connectivity index (χ4v) is 2.51. The molecule has 1 aromatic rings. The van der Waals surface area contributed by atoms with Crippen LogP contribution in [0.3, 0.4) is 0 Å². The van der Waals surface area contributed by atoms with Gasteiger partial charge in [0.05, 0.1) is 25.1 Å². The number of hydrogen-bond donors (Lipinski definition) is 2. The lowest BCUT2D eigenvalue weighted by Gasteiger charge is -2.27. The van der Waals surface area contributed by atoms with E-state index in [0.717, 1.165) is 30.4 Å². The molecule has 0 saturated heterocycles. The zero-order chi connectivity index (χ0) is 15.4. The lowest BCUT2D eigenvalue weighted by molar-refractivity contribution is -0.141. The highest BCUT2D eigenvalue weighted by molar-refractivity contribution is 6.32. The number of ether oxygens (including phenoxy) is 1. The Kier molecular flexibility index (Phi) is 5.19. The Labute approximate surface area is 126 Å². The van der Waals surface area contributed by atoms with Crippen LogP contribution in [0.1, 0.15) is 25.7 Å². The van der Waals surface area contributed by atoms with E-state index in [9.17, 15) is 14.7 Å². The van der Waals surface area contributed by atoms with E-state index >= 15 is 0 Å². The number of rotatable bonds is 4. The molecule has 116 valence electrons. The maximum atomic E-state index is 12.0. The van der Waals surface area contributed by atoms with Crippen LogP contribution in [0.25, 0.3) is 0 Å². The molecule has 21 heavy (non-hydrogen) atoms. The summed E-state index contributed by atoms with van der Waals surface area (Å²) in [6.07, 6.45) is 4.25. The molecule has 0 aromatic carbocycles. The Hall–Kier alpha value is -1.60. The highest BCUT2D eigenvalue weighted by Gasteiger charge is 2.21. The molecule has 1 aromatic heterocycles. The predicted molar refractivity (Wildman–Crippen MR) is 77.4 cm³/mol. The number of methoxy groups -OCH3 is 1. The van der Waals surface area contributed by atoms with Gasteiger partial charge in [-0.3, -0.25) is 9.59 Å². The first kappa shape index (κ1) is 15.8. The minimum atomic E-state index is -0.567. The number of anilines is 1. The Balaban J connectivity index is 2.09. The SMILES string of the molecule is COC(=O)Cn1ncc(NC2CCC(O)CC2)c(Cl)c1=O. The van der Waals surface area contributed by atoms with Crippen LogP contribution in [-0.4, -0.2) is 40.1 Å². The third-order valence-electron chi connectivity index (χ3n) is 3.55. The summed E-state index contributed by atoms with van der Waals surface area (Å²) in [6.45, 7) is -0.273. The molecular weight excluding hydrogens is 298 g/mol. The maximum absolute atomic E-state index is 12.0. The number of hydrogen-bond acceptors (Lipinski definition) is 6. The number of nitrogens with zero attached hydrogens (tertiary/aromatic N) is 2. The summed E-state index contributed by atoms with van der Waals surface area (Å²) in [4.78, 5) is 23.2.